The molecule has 15 heavy (non-hydrogen) atoms. The number of rotatable bonds is 5. The maximum atomic E-state index is 5.83. The van der Waals surface area contributed by atoms with E-state index in [9.17, 15) is 0 Å². The average molecular weight is 215 g/mol. The first-order valence-electron chi connectivity index (χ1n) is 5.93. The zero-order chi connectivity index (χ0) is 11.3. The van der Waals surface area contributed by atoms with Gasteiger partial charge in [-0.25, -0.2) is 0 Å². The maximum Gasteiger partial charge on any atom is 0.0700 e. The van der Waals surface area contributed by atoms with Gasteiger partial charge in [-0.05, 0) is 40.0 Å². The molecule has 90 valence electrons. The van der Waals surface area contributed by atoms with Crippen molar-refractivity contribution in [2.45, 2.75) is 57.8 Å². The zero-order valence-corrected chi connectivity index (χ0v) is 10.5. The summed E-state index contributed by atoms with van der Waals surface area (Å²) in [5.74, 6) is 0. The van der Waals surface area contributed by atoms with Gasteiger partial charge >= 0.3 is 0 Å². The second kappa shape index (κ2) is 5.83. The van der Waals surface area contributed by atoms with E-state index < -0.39 is 0 Å². The van der Waals surface area contributed by atoms with E-state index in [2.05, 4.69) is 26.1 Å². The molecular weight excluding hydrogens is 190 g/mol. The molecule has 0 amide bonds. The number of hydrogen-bond donors (Lipinski definition) is 1. The summed E-state index contributed by atoms with van der Waals surface area (Å²) in [6, 6.07) is 0.653. The lowest BCUT2D eigenvalue weighted by molar-refractivity contribution is -0.0327. The minimum Gasteiger partial charge on any atom is -0.379 e. The van der Waals surface area contributed by atoms with Crippen LogP contribution in [0.2, 0.25) is 0 Å². The van der Waals surface area contributed by atoms with E-state index in [1.165, 1.54) is 12.8 Å². The molecule has 0 spiro atoms. The van der Waals surface area contributed by atoms with Gasteiger partial charge in [0.15, 0.2) is 0 Å². The minimum atomic E-state index is -0.0601. The van der Waals surface area contributed by atoms with Crippen LogP contribution in [-0.4, -0.2) is 38.0 Å². The van der Waals surface area contributed by atoms with Crippen LogP contribution in [0, 0.1) is 0 Å². The predicted molar refractivity (Wildman–Crippen MR) is 62.1 cm³/mol. The van der Waals surface area contributed by atoms with Crippen LogP contribution in [0.1, 0.15) is 40.0 Å². The molecule has 0 bridgehead atoms. The van der Waals surface area contributed by atoms with Crippen molar-refractivity contribution in [3.05, 3.63) is 0 Å². The van der Waals surface area contributed by atoms with E-state index in [-0.39, 0.29) is 5.60 Å². The SMILES string of the molecule is COC(C)(C)CCOC1CCC(C)NC1. The lowest BCUT2D eigenvalue weighted by atomic mass is 10.0. The van der Waals surface area contributed by atoms with Gasteiger partial charge in [0.2, 0.25) is 0 Å². The smallest absolute Gasteiger partial charge is 0.0700 e. The molecule has 0 aromatic carbocycles. The average Bonchev–Trinajstić information content (AvgIpc) is 2.21. The second-order valence-electron chi connectivity index (χ2n) is 5.09. The fourth-order valence-corrected chi connectivity index (χ4v) is 1.69. The molecule has 1 fully saturated rings. The van der Waals surface area contributed by atoms with Crippen LogP contribution in [0.4, 0.5) is 0 Å². The summed E-state index contributed by atoms with van der Waals surface area (Å²) in [7, 11) is 1.75. The highest BCUT2D eigenvalue weighted by Gasteiger charge is 2.20. The second-order valence-corrected chi connectivity index (χ2v) is 5.09. The van der Waals surface area contributed by atoms with E-state index in [0.717, 1.165) is 19.6 Å². The van der Waals surface area contributed by atoms with Crippen LogP contribution in [0.15, 0.2) is 0 Å². The Kier molecular flexibility index (Phi) is 5.03. The highest BCUT2D eigenvalue weighted by atomic mass is 16.5. The topological polar surface area (TPSA) is 30.5 Å². The van der Waals surface area contributed by atoms with Crippen molar-refractivity contribution in [2.24, 2.45) is 0 Å². The van der Waals surface area contributed by atoms with Gasteiger partial charge in [-0.3, -0.25) is 0 Å². The van der Waals surface area contributed by atoms with Crippen LogP contribution < -0.4 is 5.32 Å². The Hall–Kier alpha value is -0.120. The van der Waals surface area contributed by atoms with Crippen molar-refractivity contribution in [1.82, 2.24) is 5.32 Å². The highest BCUT2D eigenvalue weighted by molar-refractivity contribution is 4.75. The number of ether oxygens (including phenoxy) is 2. The van der Waals surface area contributed by atoms with Crippen molar-refractivity contribution >= 4 is 0 Å². The van der Waals surface area contributed by atoms with Crippen molar-refractivity contribution in [1.29, 1.82) is 0 Å². The molecule has 3 nitrogen and oxygen atoms in total. The van der Waals surface area contributed by atoms with Crippen molar-refractivity contribution in [3.8, 4) is 0 Å². The maximum absolute atomic E-state index is 5.83. The first-order chi connectivity index (χ1) is 7.03. The fourth-order valence-electron chi connectivity index (χ4n) is 1.69. The van der Waals surface area contributed by atoms with Gasteiger partial charge in [-0.15, -0.1) is 0 Å². The molecule has 0 aromatic heterocycles. The van der Waals surface area contributed by atoms with Gasteiger partial charge in [0, 0.05) is 26.3 Å². The van der Waals surface area contributed by atoms with Crippen molar-refractivity contribution in [2.75, 3.05) is 20.3 Å². The molecule has 2 atom stereocenters. The molecular formula is C12H25NO2. The summed E-state index contributed by atoms with van der Waals surface area (Å²) in [5, 5.41) is 3.44. The summed E-state index contributed by atoms with van der Waals surface area (Å²) in [6.45, 7) is 8.20. The van der Waals surface area contributed by atoms with Crippen LogP contribution in [-0.2, 0) is 9.47 Å². The van der Waals surface area contributed by atoms with Crippen LogP contribution in [0.25, 0.3) is 0 Å². The lowest BCUT2D eigenvalue weighted by Gasteiger charge is -2.29. The summed E-state index contributed by atoms with van der Waals surface area (Å²) in [4.78, 5) is 0. The fraction of sp³-hybridized carbons (Fsp3) is 1.00. The standard InChI is InChI=1S/C12H25NO2/c1-10-5-6-11(9-13-10)15-8-7-12(2,3)14-4/h10-11,13H,5-9H2,1-4H3. The highest BCUT2D eigenvalue weighted by Crippen LogP contribution is 2.15. The summed E-state index contributed by atoms with van der Waals surface area (Å²) < 4.78 is 11.2. The molecule has 1 aliphatic rings. The van der Waals surface area contributed by atoms with E-state index >= 15 is 0 Å². The van der Waals surface area contributed by atoms with Crippen LogP contribution in [0.5, 0.6) is 0 Å². The largest absolute Gasteiger partial charge is 0.379 e. The lowest BCUT2D eigenvalue weighted by Crippen LogP contribution is -2.41. The van der Waals surface area contributed by atoms with Crippen LogP contribution >= 0.6 is 0 Å². The Morgan fingerprint density at radius 2 is 2.07 bits per heavy atom. The first-order valence-corrected chi connectivity index (χ1v) is 5.93. The predicted octanol–water partition coefficient (Wildman–Crippen LogP) is 1.96. The van der Waals surface area contributed by atoms with Crippen LogP contribution in [0.3, 0.4) is 0 Å². The monoisotopic (exact) mass is 215 g/mol. The number of nitrogens with one attached hydrogen (secondary N) is 1. The van der Waals surface area contributed by atoms with E-state index in [1.54, 1.807) is 7.11 Å². The molecule has 2 unspecified atom stereocenters. The molecule has 0 aromatic rings. The third-order valence-electron chi connectivity index (χ3n) is 3.23. The van der Waals surface area contributed by atoms with Gasteiger partial charge in [-0.2, -0.15) is 0 Å². The van der Waals surface area contributed by atoms with Crippen molar-refractivity contribution < 1.29 is 9.47 Å². The molecule has 1 aliphatic heterocycles. The number of methoxy groups -OCH3 is 1. The molecule has 1 saturated heterocycles. The Bertz CT molecular complexity index is 174. The van der Waals surface area contributed by atoms with Gasteiger partial charge in [0.25, 0.3) is 0 Å². The van der Waals surface area contributed by atoms with Gasteiger partial charge in [0.1, 0.15) is 0 Å². The zero-order valence-electron chi connectivity index (χ0n) is 10.5. The molecule has 0 radical (unpaired) electrons. The first kappa shape index (κ1) is 12.9. The number of hydrogen-bond acceptors (Lipinski definition) is 3. The van der Waals surface area contributed by atoms with Gasteiger partial charge in [0.05, 0.1) is 11.7 Å². The quantitative estimate of drug-likeness (QED) is 0.760. The Morgan fingerprint density at radius 1 is 1.33 bits per heavy atom. The van der Waals surface area contributed by atoms with Gasteiger partial charge < -0.3 is 14.8 Å². The van der Waals surface area contributed by atoms with E-state index in [4.69, 9.17) is 9.47 Å². The molecule has 0 aliphatic carbocycles. The third kappa shape index (κ3) is 4.96. The Balaban J connectivity index is 2.10. The minimum absolute atomic E-state index is 0.0601. The number of piperidine rings is 1. The summed E-state index contributed by atoms with van der Waals surface area (Å²) in [5.41, 5.74) is -0.0601. The molecule has 3 heteroatoms. The van der Waals surface area contributed by atoms with Gasteiger partial charge in [-0.1, -0.05) is 0 Å². The Labute approximate surface area is 93.5 Å². The normalized spacial score (nSPS) is 28.0. The summed E-state index contributed by atoms with van der Waals surface area (Å²) >= 11 is 0. The molecule has 1 N–H and O–H groups in total. The molecule has 1 rings (SSSR count). The third-order valence-corrected chi connectivity index (χ3v) is 3.23. The van der Waals surface area contributed by atoms with E-state index in [1.807, 2.05) is 0 Å². The van der Waals surface area contributed by atoms with E-state index in [0.29, 0.717) is 12.1 Å². The van der Waals surface area contributed by atoms with Crippen molar-refractivity contribution in [3.63, 3.8) is 0 Å². The summed E-state index contributed by atoms with van der Waals surface area (Å²) in [6.07, 6.45) is 3.75. The Morgan fingerprint density at radius 3 is 2.60 bits per heavy atom. The molecule has 1 heterocycles. The molecule has 0 saturated carbocycles.